The maximum atomic E-state index is 6.47. The van der Waals surface area contributed by atoms with Gasteiger partial charge in [-0.05, 0) is 43.2 Å². The molecular weight excluding hydrogens is 472 g/mol. The van der Waals surface area contributed by atoms with E-state index in [-0.39, 0.29) is 0 Å². The van der Waals surface area contributed by atoms with Crippen LogP contribution in [0.4, 0.5) is 0 Å². The molecule has 0 atom stereocenters. The smallest absolute Gasteiger partial charge is 0.135 e. The molecule has 33 heavy (non-hydrogen) atoms. The molecule has 0 aromatic heterocycles. The highest BCUT2D eigenvalue weighted by molar-refractivity contribution is 9.10. The van der Waals surface area contributed by atoms with Crippen molar-refractivity contribution in [3.63, 3.8) is 0 Å². The molecule has 3 heteroatoms. The average Bonchev–Trinajstić information content (AvgIpc) is 2.83. The minimum atomic E-state index is 0.509. The summed E-state index contributed by atoms with van der Waals surface area (Å²) in [7, 11) is 0. The highest BCUT2D eigenvalue weighted by Gasteiger charge is 2.17. The number of hydrogen-bond donors (Lipinski definition) is 0. The van der Waals surface area contributed by atoms with Crippen LogP contribution in [0.25, 0.3) is 21.5 Å². The Hall–Kier alpha value is -3.30. The maximum Gasteiger partial charge on any atom is 0.135 e. The Morgan fingerprint density at radius 3 is 1.52 bits per heavy atom. The molecule has 0 N–H and O–H groups in total. The van der Waals surface area contributed by atoms with Gasteiger partial charge in [0.15, 0.2) is 0 Å². The Bertz CT molecular complexity index is 1420. The summed E-state index contributed by atoms with van der Waals surface area (Å²) in [5.41, 5.74) is 4.78. The lowest BCUT2D eigenvalue weighted by Gasteiger charge is -2.18. The van der Waals surface area contributed by atoms with Crippen molar-refractivity contribution < 1.29 is 9.47 Å². The molecule has 164 valence electrons. The minimum absolute atomic E-state index is 0.509. The molecule has 0 radical (unpaired) electrons. The van der Waals surface area contributed by atoms with Crippen molar-refractivity contribution in [3.05, 3.63) is 118 Å². The molecule has 0 amide bonds. The molecule has 0 unspecified atom stereocenters. The number of rotatable bonds is 6. The van der Waals surface area contributed by atoms with Gasteiger partial charge in [-0.25, -0.2) is 0 Å². The van der Waals surface area contributed by atoms with Crippen molar-refractivity contribution in [2.75, 3.05) is 0 Å². The van der Waals surface area contributed by atoms with E-state index in [1.165, 1.54) is 11.1 Å². The van der Waals surface area contributed by atoms with E-state index in [4.69, 9.17) is 9.47 Å². The Labute approximate surface area is 202 Å². The number of benzene rings is 5. The van der Waals surface area contributed by atoms with E-state index in [1.54, 1.807) is 0 Å². The van der Waals surface area contributed by atoms with Crippen LogP contribution in [-0.2, 0) is 13.2 Å². The second-order valence-electron chi connectivity index (χ2n) is 8.44. The second-order valence-corrected chi connectivity index (χ2v) is 9.36. The van der Waals surface area contributed by atoms with Gasteiger partial charge in [0, 0.05) is 26.0 Å². The van der Waals surface area contributed by atoms with Crippen LogP contribution in [0.1, 0.15) is 22.3 Å². The first-order valence-corrected chi connectivity index (χ1v) is 11.9. The molecule has 0 aliphatic heterocycles. The zero-order chi connectivity index (χ0) is 22.8. The van der Waals surface area contributed by atoms with Gasteiger partial charge in [-0.3, -0.25) is 0 Å². The predicted molar refractivity (Wildman–Crippen MR) is 140 cm³/mol. The maximum absolute atomic E-state index is 6.47. The van der Waals surface area contributed by atoms with Crippen LogP contribution in [0.2, 0.25) is 0 Å². The summed E-state index contributed by atoms with van der Waals surface area (Å²) in [5.74, 6) is 1.77. The van der Waals surface area contributed by atoms with Crippen LogP contribution < -0.4 is 9.47 Å². The fourth-order valence-corrected chi connectivity index (χ4v) is 4.42. The third-order valence-corrected chi connectivity index (χ3v) is 6.39. The normalized spacial score (nSPS) is 11.1. The Kier molecular flexibility index (Phi) is 6.06. The zero-order valence-electron chi connectivity index (χ0n) is 18.8. The van der Waals surface area contributed by atoms with Crippen LogP contribution in [0, 0.1) is 13.8 Å². The molecular formula is C30H25BrO2. The fraction of sp³-hybridized carbons (Fsp3) is 0.133. The van der Waals surface area contributed by atoms with Gasteiger partial charge in [0.05, 0.1) is 0 Å². The summed E-state index contributed by atoms with van der Waals surface area (Å²) in [6.45, 7) is 5.21. The lowest BCUT2D eigenvalue weighted by molar-refractivity contribution is 0.308. The van der Waals surface area contributed by atoms with E-state index in [2.05, 4.69) is 121 Å². The van der Waals surface area contributed by atoms with Gasteiger partial charge in [-0.2, -0.15) is 0 Å². The van der Waals surface area contributed by atoms with E-state index in [0.717, 1.165) is 48.6 Å². The van der Waals surface area contributed by atoms with Gasteiger partial charge >= 0.3 is 0 Å². The van der Waals surface area contributed by atoms with Gasteiger partial charge in [-0.1, -0.05) is 99.9 Å². The molecule has 5 aromatic carbocycles. The molecule has 0 heterocycles. The second kappa shape index (κ2) is 9.29. The topological polar surface area (TPSA) is 18.5 Å². The third-order valence-electron chi connectivity index (χ3n) is 5.89. The molecule has 0 spiro atoms. The summed E-state index contributed by atoms with van der Waals surface area (Å²) < 4.78 is 13.9. The lowest BCUT2D eigenvalue weighted by atomic mass is 10.0. The lowest BCUT2D eigenvalue weighted by Crippen LogP contribution is -2.01. The number of hydrogen-bond acceptors (Lipinski definition) is 2. The highest BCUT2D eigenvalue weighted by atomic mass is 79.9. The fourth-order valence-electron chi connectivity index (χ4n) is 4.06. The van der Waals surface area contributed by atoms with Gasteiger partial charge in [0.2, 0.25) is 0 Å². The minimum Gasteiger partial charge on any atom is -0.488 e. The number of fused-ring (bicyclic) bond motifs is 2. The number of halogens is 1. The van der Waals surface area contributed by atoms with Gasteiger partial charge < -0.3 is 9.47 Å². The standard InChI is InChI=1S/C30H25BrO2/c1-20-7-11-22(12-8-20)18-32-29-25-5-3-4-6-26(25)30(28-17-24(31)15-16-27(28)29)33-19-23-13-9-21(2)10-14-23/h3-17H,18-19H2,1-2H3. The predicted octanol–water partition coefficient (Wildman–Crippen LogP) is 8.53. The van der Waals surface area contributed by atoms with Gasteiger partial charge in [-0.15, -0.1) is 0 Å². The summed E-state index contributed by atoms with van der Waals surface area (Å²) in [6.07, 6.45) is 0. The van der Waals surface area contributed by atoms with E-state index >= 15 is 0 Å². The van der Waals surface area contributed by atoms with Crippen LogP contribution in [0.5, 0.6) is 11.5 Å². The quantitative estimate of drug-likeness (QED) is 0.219. The van der Waals surface area contributed by atoms with Crippen molar-refractivity contribution in [1.29, 1.82) is 0 Å². The SMILES string of the molecule is Cc1ccc(COc2c3ccccc3c(OCc3ccc(C)cc3)c3cc(Br)ccc23)cc1. The van der Waals surface area contributed by atoms with Gasteiger partial charge in [0.1, 0.15) is 24.7 Å². The molecule has 0 saturated heterocycles. The number of aryl methyl sites for hydroxylation is 2. The van der Waals surface area contributed by atoms with Crippen molar-refractivity contribution in [1.82, 2.24) is 0 Å². The third kappa shape index (κ3) is 4.60. The van der Waals surface area contributed by atoms with Gasteiger partial charge in [0.25, 0.3) is 0 Å². The van der Waals surface area contributed by atoms with Crippen LogP contribution in [-0.4, -0.2) is 0 Å². The largest absolute Gasteiger partial charge is 0.488 e. The van der Waals surface area contributed by atoms with E-state index in [0.29, 0.717) is 13.2 Å². The average molecular weight is 497 g/mol. The van der Waals surface area contributed by atoms with Crippen molar-refractivity contribution in [2.45, 2.75) is 27.1 Å². The van der Waals surface area contributed by atoms with Crippen LogP contribution in [0.15, 0.2) is 95.5 Å². The molecule has 0 saturated carbocycles. The van der Waals surface area contributed by atoms with Crippen molar-refractivity contribution >= 4 is 37.5 Å². The first-order chi connectivity index (χ1) is 16.1. The van der Waals surface area contributed by atoms with Crippen molar-refractivity contribution in [2.24, 2.45) is 0 Å². The molecule has 0 aliphatic rings. The van der Waals surface area contributed by atoms with E-state index in [1.807, 2.05) is 0 Å². The molecule has 5 rings (SSSR count). The summed E-state index contributed by atoms with van der Waals surface area (Å²) in [6, 6.07) is 31.6. The molecule has 0 fully saturated rings. The Morgan fingerprint density at radius 1 is 0.545 bits per heavy atom. The Morgan fingerprint density at radius 2 is 1.00 bits per heavy atom. The summed E-state index contributed by atoms with van der Waals surface area (Å²) >= 11 is 3.65. The van der Waals surface area contributed by atoms with Crippen LogP contribution in [0.3, 0.4) is 0 Å². The van der Waals surface area contributed by atoms with E-state index in [9.17, 15) is 0 Å². The molecule has 2 nitrogen and oxygen atoms in total. The summed E-state index contributed by atoms with van der Waals surface area (Å²) in [4.78, 5) is 0. The molecule has 0 bridgehead atoms. The molecule has 5 aromatic rings. The number of ether oxygens (including phenoxy) is 2. The molecule has 0 aliphatic carbocycles. The zero-order valence-corrected chi connectivity index (χ0v) is 20.4. The monoisotopic (exact) mass is 496 g/mol. The first kappa shape index (κ1) is 21.5. The highest BCUT2D eigenvalue weighted by Crippen LogP contribution is 2.44. The first-order valence-electron chi connectivity index (χ1n) is 11.1. The van der Waals surface area contributed by atoms with Crippen LogP contribution >= 0.6 is 15.9 Å². The van der Waals surface area contributed by atoms with E-state index < -0.39 is 0 Å². The summed E-state index contributed by atoms with van der Waals surface area (Å²) in [5, 5.41) is 4.18. The Balaban J connectivity index is 1.59. The van der Waals surface area contributed by atoms with Crippen molar-refractivity contribution in [3.8, 4) is 11.5 Å².